The number of allylic oxidation sites excluding steroid dienone is 1. The summed E-state index contributed by atoms with van der Waals surface area (Å²) in [7, 11) is 0. The molecular weight excluding hydrogens is 200 g/mol. The lowest BCUT2D eigenvalue weighted by Crippen LogP contribution is -2.29. The molecule has 1 aliphatic rings. The van der Waals surface area contributed by atoms with Crippen LogP contribution in [0.4, 0.5) is 0 Å². The van der Waals surface area contributed by atoms with Crippen molar-refractivity contribution in [1.29, 1.82) is 0 Å². The average Bonchev–Trinajstić information content (AvgIpc) is 2.64. The number of hydrogen-bond acceptors (Lipinski definition) is 3. The van der Waals surface area contributed by atoms with Gasteiger partial charge in [0.1, 0.15) is 11.6 Å². The van der Waals surface area contributed by atoms with Gasteiger partial charge in [-0.05, 0) is 38.8 Å². The lowest BCUT2D eigenvalue weighted by atomic mass is 9.94. The first kappa shape index (κ1) is 11.3. The normalized spacial score (nSPS) is 17.6. The summed E-state index contributed by atoms with van der Waals surface area (Å²) >= 11 is 0. The molecule has 0 spiro atoms. The number of nitrogens with one attached hydrogen (secondary N) is 1. The number of hydrogen-bond donors (Lipinski definition) is 1. The van der Waals surface area contributed by atoms with E-state index in [2.05, 4.69) is 26.7 Å². The van der Waals surface area contributed by atoms with Crippen LogP contribution in [0, 0.1) is 12.8 Å². The predicted molar refractivity (Wildman–Crippen MR) is 64.3 cm³/mol. The number of aromatic nitrogens is 3. The highest BCUT2D eigenvalue weighted by atomic mass is 15.3. The van der Waals surface area contributed by atoms with Crippen molar-refractivity contribution in [3.63, 3.8) is 0 Å². The second kappa shape index (κ2) is 5.25. The quantitative estimate of drug-likeness (QED) is 0.778. The van der Waals surface area contributed by atoms with Gasteiger partial charge in [0.15, 0.2) is 0 Å². The number of aryl methyl sites for hydroxylation is 1. The van der Waals surface area contributed by atoms with Crippen LogP contribution in [0.25, 0.3) is 0 Å². The fourth-order valence-corrected chi connectivity index (χ4v) is 2.29. The zero-order valence-corrected chi connectivity index (χ0v) is 9.95. The van der Waals surface area contributed by atoms with Crippen molar-refractivity contribution in [2.24, 2.45) is 5.92 Å². The van der Waals surface area contributed by atoms with E-state index in [1.807, 2.05) is 13.0 Å². The molecule has 0 aromatic carbocycles. The lowest BCUT2D eigenvalue weighted by molar-refractivity contribution is 0.363. The van der Waals surface area contributed by atoms with Crippen LogP contribution in [0.3, 0.4) is 0 Å². The Labute approximate surface area is 96.8 Å². The topological polar surface area (TPSA) is 42.7 Å². The molecule has 1 saturated heterocycles. The largest absolute Gasteiger partial charge is 0.317 e. The van der Waals surface area contributed by atoms with Gasteiger partial charge in [-0.1, -0.05) is 6.08 Å². The van der Waals surface area contributed by atoms with E-state index in [-0.39, 0.29) is 0 Å². The molecule has 0 aliphatic carbocycles. The molecule has 1 aliphatic heterocycles. The molecule has 1 N–H and O–H groups in total. The maximum atomic E-state index is 4.27. The Morgan fingerprint density at radius 1 is 1.44 bits per heavy atom. The first-order chi connectivity index (χ1) is 7.81. The molecule has 1 aromatic heterocycles. The number of rotatable bonds is 4. The summed E-state index contributed by atoms with van der Waals surface area (Å²) in [5.74, 6) is 2.86. The van der Waals surface area contributed by atoms with Crippen LogP contribution in [0.5, 0.6) is 0 Å². The SMILES string of the molecule is C=CCn1c(C)nnc1CC1CCNCC1. The zero-order valence-electron chi connectivity index (χ0n) is 9.95. The van der Waals surface area contributed by atoms with Gasteiger partial charge >= 0.3 is 0 Å². The molecule has 1 fully saturated rings. The summed E-state index contributed by atoms with van der Waals surface area (Å²) in [5, 5.41) is 11.8. The molecule has 4 nitrogen and oxygen atoms in total. The molecule has 2 rings (SSSR count). The summed E-state index contributed by atoms with van der Waals surface area (Å²) < 4.78 is 2.16. The van der Waals surface area contributed by atoms with E-state index < -0.39 is 0 Å². The van der Waals surface area contributed by atoms with Gasteiger partial charge in [-0.15, -0.1) is 16.8 Å². The van der Waals surface area contributed by atoms with Gasteiger partial charge in [-0.25, -0.2) is 0 Å². The van der Waals surface area contributed by atoms with Gasteiger partial charge in [-0.2, -0.15) is 0 Å². The van der Waals surface area contributed by atoms with E-state index >= 15 is 0 Å². The highest BCUT2D eigenvalue weighted by Crippen LogP contribution is 2.17. The van der Waals surface area contributed by atoms with E-state index in [9.17, 15) is 0 Å². The first-order valence-electron chi connectivity index (χ1n) is 6.01. The van der Waals surface area contributed by atoms with E-state index in [0.29, 0.717) is 0 Å². The van der Waals surface area contributed by atoms with Gasteiger partial charge in [0.25, 0.3) is 0 Å². The van der Waals surface area contributed by atoms with Crippen molar-refractivity contribution in [1.82, 2.24) is 20.1 Å². The monoisotopic (exact) mass is 220 g/mol. The van der Waals surface area contributed by atoms with E-state index in [0.717, 1.165) is 43.6 Å². The van der Waals surface area contributed by atoms with Crippen molar-refractivity contribution < 1.29 is 0 Å². The van der Waals surface area contributed by atoms with Crippen molar-refractivity contribution in [2.45, 2.75) is 32.7 Å². The molecule has 0 unspecified atom stereocenters. The molecule has 1 aromatic rings. The maximum absolute atomic E-state index is 4.27. The van der Waals surface area contributed by atoms with Crippen LogP contribution in [0.1, 0.15) is 24.5 Å². The third-order valence-corrected chi connectivity index (χ3v) is 3.25. The van der Waals surface area contributed by atoms with Crippen LogP contribution in [0.15, 0.2) is 12.7 Å². The standard InChI is InChI=1S/C12H20N4/c1-3-8-16-10(2)14-15-12(16)9-11-4-6-13-7-5-11/h3,11,13H,1,4-9H2,2H3. The van der Waals surface area contributed by atoms with Crippen molar-refractivity contribution in [2.75, 3.05) is 13.1 Å². The Hall–Kier alpha value is -1.16. The third kappa shape index (κ3) is 2.50. The van der Waals surface area contributed by atoms with Crippen LogP contribution in [0.2, 0.25) is 0 Å². The minimum atomic E-state index is 0.758. The van der Waals surface area contributed by atoms with Gasteiger partial charge in [0.05, 0.1) is 0 Å². The smallest absolute Gasteiger partial charge is 0.133 e. The Morgan fingerprint density at radius 3 is 2.88 bits per heavy atom. The molecule has 2 heterocycles. The fourth-order valence-electron chi connectivity index (χ4n) is 2.29. The summed E-state index contributed by atoms with van der Waals surface area (Å²) in [6, 6.07) is 0. The summed E-state index contributed by atoms with van der Waals surface area (Å²) in [6.45, 7) is 8.88. The Bertz CT molecular complexity index is 350. The fraction of sp³-hybridized carbons (Fsp3) is 0.667. The molecule has 88 valence electrons. The molecule has 0 amide bonds. The van der Waals surface area contributed by atoms with Crippen molar-refractivity contribution in [3.8, 4) is 0 Å². The number of nitrogens with zero attached hydrogens (tertiary/aromatic N) is 3. The molecule has 0 radical (unpaired) electrons. The Balaban J connectivity index is 2.04. The van der Waals surface area contributed by atoms with Crippen LogP contribution in [-0.4, -0.2) is 27.9 Å². The first-order valence-corrected chi connectivity index (χ1v) is 6.01. The average molecular weight is 220 g/mol. The van der Waals surface area contributed by atoms with Gasteiger partial charge < -0.3 is 9.88 Å². The minimum Gasteiger partial charge on any atom is -0.317 e. The van der Waals surface area contributed by atoms with E-state index in [1.54, 1.807) is 0 Å². The second-order valence-electron chi connectivity index (χ2n) is 4.46. The van der Waals surface area contributed by atoms with Crippen LogP contribution >= 0.6 is 0 Å². The zero-order chi connectivity index (χ0) is 11.4. The Morgan fingerprint density at radius 2 is 2.19 bits per heavy atom. The van der Waals surface area contributed by atoms with E-state index in [4.69, 9.17) is 0 Å². The minimum absolute atomic E-state index is 0.758. The summed E-state index contributed by atoms with van der Waals surface area (Å²) in [6.07, 6.45) is 5.46. The summed E-state index contributed by atoms with van der Waals surface area (Å²) in [4.78, 5) is 0. The van der Waals surface area contributed by atoms with Crippen molar-refractivity contribution in [3.05, 3.63) is 24.3 Å². The highest BCUT2D eigenvalue weighted by molar-refractivity contribution is 4.98. The lowest BCUT2D eigenvalue weighted by Gasteiger charge is -2.22. The van der Waals surface area contributed by atoms with Crippen molar-refractivity contribution >= 4 is 0 Å². The van der Waals surface area contributed by atoms with Gasteiger partial charge in [0.2, 0.25) is 0 Å². The molecule has 4 heteroatoms. The van der Waals surface area contributed by atoms with E-state index in [1.165, 1.54) is 12.8 Å². The third-order valence-electron chi connectivity index (χ3n) is 3.25. The molecule has 16 heavy (non-hydrogen) atoms. The molecular formula is C12H20N4. The van der Waals surface area contributed by atoms with Gasteiger partial charge in [-0.3, -0.25) is 0 Å². The predicted octanol–water partition coefficient (Wildman–Crippen LogP) is 1.31. The molecule has 0 saturated carbocycles. The van der Waals surface area contributed by atoms with Crippen LogP contribution in [-0.2, 0) is 13.0 Å². The number of piperidine rings is 1. The van der Waals surface area contributed by atoms with Crippen LogP contribution < -0.4 is 5.32 Å². The molecule has 0 bridgehead atoms. The highest BCUT2D eigenvalue weighted by Gasteiger charge is 2.17. The summed E-state index contributed by atoms with van der Waals surface area (Å²) in [5.41, 5.74) is 0. The van der Waals surface area contributed by atoms with Gasteiger partial charge in [0, 0.05) is 13.0 Å². The second-order valence-corrected chi connectivity index (χ2v) is 4.46. The molecule has 0 atom stereocenters. The maximum Gasteiger partial charge on any atom is 0.133 e. The Kier molecular flexibility index (Phi) is 3.72.